The average Bonchev–Trinajstić information content (AvgIpc) is 2.57. The Hall–Kier alpha value is -1.09. The van der Waals surface area contributed by atoms with E-state index in [-0.39, 0.29) is 5.97 Å². The number of alkyl halides is 1. The molecule has 1 heterocycles. The Morgan fingerprint density at radius 1 is 1.44 bits per heavy atom. The number of carbonyl (C=O) groups is 1. The zero-order valence-electron chi connectivity index (χ0n) is 9.13. The molecule has 0 saturated carbocycles. The third kappa shape index (κ3) is 1.80. The number of esters is 1. The first-order valence-corrected chi connectivity index (χ1v) is 6.24. The van der Waals surface area contributed by atoms with Gasteiger partial charge in [0.25, 0.3) is 0 Å². The van der Waals surface area contributed by atoms with Crippen LogP contribution in [-0.2, 0) is 15.1 Å². The van der Waals surface area contributed by atoms with Crippen LogP contribution in [0.4, 0.5) is 0 Å². The summed E-state index contributed by atoms with van der Waals surface area (Å²) in [7, 11) is 0. The molecule has 2 nitrogen and oxygen atoms in total. The Labute approximate surface area is 103 Å². The van der Waals surface area contributed by atoms with Crippen molar-refractivity contribution in [3.63, 3.8) is 0 Å². The Bertz CT molecular complexity index is 418. The van der Waals surface area contributed by atoms with E-state index in [0.717, 1.165) is 5.56 Å². The molecule has 84 valence electrons. The Balaban J connectivity index is 2.40. The van der Waals surface area contributed by atoms with E-state index in [1.807, 2.05) is 31.2 Å². The Morgan fingerprint density at radius 3 is 2.50 bits per heavy atom. The van der Waals surface area contributed by atoms with Crippen LogP contribution in [0.5, 0.6) is 0 Å². The van der Waals surface area contributed by atoms with E-state index in [2.05, 4.69) is 22.5 Å². The number of rotatable bonds is 2. The van der Waals surface area contributed by atoms with E-state index in [1.54, 1.807) is 0 Å². The minimum Gasteiger partial charge on any atom is -0.450 e. The molecule has 1 aliphatic heterocycles. The maximum atomic E-state index is 11.4. The number of benzene rings is 1. The minimum atomic E-state index is -0.568. The second kappa shape index (κ2) is 4.06. The van der Waals surface area contributed by atoms with Crippen molar-refractivity contribution in [3.8, 4) is 0 Å². The van der Waals surface area contributed by atoms with Crippen molar-refractivity contribution < 1.29 is 9.53 Å². The highest BCUT2D eigenvalue weighted by Gasteiger charge is 2.43. The van der Waals surface area contributed by atoms with E-state index in [0.29, 0.717) is 17.3 Å². The number of aryl methyl sites for hydroxylation is 1. The number of ether oxygens (including phenoxy) is 1. The van der Waals surface area contributed by atoms with E-state index < -0.39 is 5.60 Å². The van der Waals surface area contributed by atoms with Crippen molar-refractivity contribution in [3.05, 3.63) is 47.5 Å². The van der Waals surface area contributed by atoms with Gasteiger partial charge in [0.15, 0.2) is 5.60 Å². The molecule has 1 aliphatic rings. The smallest absolute Gasteiger partial charge is 0.334 e. The number of cyclic esters (lactones) is 1. The van der Waals surface area contributed by atoms with Crippen molar-refractivity contribution in [1.29, 1.82) is 0 Å². The highest BCUT2D eigenvalue weighted by atomic mass is 79.9. The summed E-state index contributed by atoms with van der Waals surface area (Å²) in [5.41, 5.74) is 2.18. The lowest BCUT2D eigenvalue weighted by atomic mass is 9.91. The van der Waals surface area contributed by atoms with Gasteiger partial charge in [0.1, 0.15) is 0 Å². The lowest BCUT2D eigenvalue weighted by Crippen LogP contribution is -2.27. The van der Waals surface area contributed by atoms with Crippen molar-refractivity contribution in [1.82, 2.24) is 0 Å². The van der Waals surface area contributed by atoms with E-state index in [9.17, 15) is 4.79 Å². The van der Waals surface area contributed by atoms with E-state index >= 15 is 0 Å². The van der Waals surface area contributed by atoms with Gasteiger partial charge in [0, 0.05) is 17.3 Å². The van der Waals surface area contributed by atoms with Crippen molar-refractivity contribution >= 4 is 21.9 Å². The molecule has 2 rings (SSSR count). The predicted octanol–water partition coefficient (Wildman–Crippen LogP) is 3.09. The molecule has 1 saturated heterocycles. The van der Waals surface area contributed by atoms with Crippen LogP contribution in [0.1, 0.15) is 17.5 Å². The summed E-state index contributed by atoms with van der Waals surface area (Å²) >= 11 is 3.43. The van der Waals surface area contributed by atoms with Gasteiger partial charge in [-0.15, -0.1) is 0 Å². The molecule has 1 atom stereocenters. The molecule has 0 bridgehead atoms. The normalized spacial score (nSPS) is 24.6. The summed E-state index contributed by atoms with van der Waals surface area (Å²) in [6, 6.07) is 8.05. The maximum absolute atomic E-state index is 11.4. The maximum Gasteiger partial charge on any atom is 0.334 e. The standard InChI is InChI=1S/C13H13BrO2/c1-9-3-5-11(6-4-9)13(8-14)7-10(2)12(15)16-13/h3-6H,2,7-8H2,1H3. The highest BCUT2D eigenvalue weighted by molar-refractivity contribution is 9.09. The molecule has 0 amide bonds. The first-order valence-electron chi connectivity index (χ1n) is 5.12. The molecule has 0 radical (unpaired) electrons. The quantitative estimate of drug-likeness (QED) is 0.473. The molecule has 16 heavy (non-hydrogen) atoms. The first-order chi connectivity index (χ1) is 7.57. The third-order valence-electron chi connectivity index (χ3n) is 2.87. The van der Waals surface area contributed by atoms with Crippen LogP contribution in [0, 0.1) is 6.92 Å². The molecule has 3 heteroatoms. The fraction of sp³-hybridized carbons (Fsp3) is 0.308. The van der Waals surface area contributed by atoms with Gasteiger partial charge in [-0.1, -0.05) is 52.3 Å². The van der Waals surface area contributed by atoms with Crippen LogP contribution in [0.15, 0.2) is 36.4 Å². The second-order valence-corrected chi connectivity index (χ2v) is 4.72. The molecule has 1 aromatic rings. The fourth-order valence-electron chi connectivity index (χ4n) is 1.87. The Morgan fingerprint density at radius 2 is 2.06 bits per heavy atom. The molecule has 1 unspecified atom stereocenters. The monoisotopic (exact) mass is 280 g/mol. The molecule has 1 aromatic carbocycles. The fourth-order valence-corrected chi connectivity index (χ4v) is 2.51. The molecule has 0 spiro atoms. The van der Waals surface area contributed by atoms with Gasteiger partial charge in [0.05, 0.1) is 0 Å². The summed E-state index contributed by atoms with van der Waals surface area (Å²) in [6.45, 7) is 5.76. The summed E-state index contributed by atoms with van der Waals surface area (Å²) < 4.78 is 5.45. The largest absolute Gasteiger partial charge is 0.450 e. The predicted molar refractivity (Wildman–Crippen MR) is 66.5 cm³/mol. The van der Waals surface area contributed by atoms with Gasteiger partial charge in [0.2, 0.25) is 0 Å². The highest BCUT2D eigenvalue weighted by Crippen LogP contribution is 2.40. The minimum absolute atomic E-state index is 0.292. The van der Waals surface area contributed by atoms with Gasteiger partial charge in [-0.25, -0.2) is 4.79 Å². The van der Waals surface area contributed by atoms with Crippen LogP contribution in [-0.4, -0.2) is 11.3 Å². The SMILES string of the molecule is C=C1CC(CBr)(c2ccc(C)cc2)OC1=O. The van der Waals surface area contributed by atoms with E-state index in [1.165, 1.54) is 5.56 Å². The zero-order valence-corrected chi connectivity index (χ0v) is 10.7. The van der Waals surface area contributed by atoms with Gasteiger partial charge in [-0.2, -0.15) is 0 Å². The van der Waals surface area contributed by atoms with Crippen molar-refractivity contribution in [2.75, 3.05) is 5.33 Å². The van der Waals surface area contributed by atoms with Crippen molar-refractivity contribution in [2.24, 2.45) is 0 Å². The lowest BCUT2D eigenvalue weighted by molar-refractivity contribution is -0.145. The summed E-state index contributed by atoms with van der Waals surface area (Å²) in [5.74, 6) is -0.292. The van der Waals surface area contributed by atoms with Crippen LogP contribution >= 0.6 is 15.9 Å². The molecule has 1 fully saturated rings. The van der Waals surface area contributed by atoms with Crippen molar-refractivity contribution in [2.45, 2.75) is 18.9 Å². The second-order valence-electron chi connectivity index (χ2n) is 4.16. The molecular formula is C13H13BrO2. The lowest BCUT2D eigenvalue weighted by Gasteiger charge is -2.25. The van der Waals surface area contributed by atoms with Gasteiger partial charge >= 0.3 is 5.97 Å². The van der Waals surface area contributed by atoms with Crippen LogP contribution in [0.2, 0.25) is 0 Å². The Kier molecular flexibility index (Phi) is 2.89. The molecule has 0 N–H and O–H groups in total. The summed E-state index contributed by atoms with van der Waals surface area (Å²) in [6.07, 6.45) is 0.556. The van der Waals surface area contributed by atoms with Crippen LogP contribution in [0.3, 0.4) is 0 Å². The first kappa shape index (κ1) is 11.4. The van der Waals surface area contributed by atoms with Gasteiger partial charge in [-0.3, -0.25) is 0 Å². The topological polar surface area (TPSA) is 26.3 Å². The summed E-state index contributed by atoms with van der Waals surface area (Å²) in [5, 5.41) is 0.591. The van der Waals surface area contributed by atoms with Crippen LogP contribution in [0.25, 0.3) is 0 Å². The van der Waals surface area contributed by atoms with Crippen LogP contribution < -0.4 is 0 Å². The zero-order chi connectivity index (χ0) is 11.8. The number of hydrogen-bond acceptors (Lipinski definition) is 2. The average molecular weight is 281 g/mol. The van der Waals surface area contributed by atoms with E-state index in [4.69, 9.17) is 4.74 Å². The summed E-state index contributed by atoms with van der Waals surface area (Å²) in [4.78, 5) is 11.4. The molecular weight excluding hydrogens is 268 g/mol. The third-order valence-corrected chi connectivity index (χ3v) is 3.77. The molecule has 0 aliphatic carbocycles. The molecule has 0 aromatic heterocycles. The van der Waals surface area contributed by atoms with Gasteiger partial charge in [-0.05, 0) is 12.5 Å². The van der Waals surface area contributed by atoms with Gasteiger partial charge < -0.3 is 4.74 Å². The number of halogens is 1. The number of hydrogen-bond donors (Lipinski definition) is 0. The number of carbonyl (C=O) groups excluding carboxylic acids is 1.